The summed E-state index contributed by atoms with van der Waals surface area (Å²) in [6.45, 7) is 2.00. The molecule has 2 rings (SSSR count). The second-order valence-electron chi connectivity index (χ2n) is 4.83. The Morgan fingerprint density at radius 3 is 2.37 bits per heavy atom. The van der Waals surface area contributed by atoms with Gasteiger partial charge in [-0.1, -0.05) is 48.5 Å². The number of aliphatic hydroxyl groups excluding tert-OH is 2. The van der Waals surface area contributed by atoms with Crippen LogP contribution in [0.25, 0.3) is 11.1 Å². The van der Waals surface area contributed by atoms with E-state index < -0.39 is 6.10 Å². The van der Waals surface area contributed by atoms with Gasteiger partial charge in [-0.05, 0) is 42.0 Å². The molecule has 0 radical (unpaired) electrons. The largest absolute Gasteiger partial charge is 0.396 e. The number of aliphatic hydroxyl groups is 2. The molecular weight excluding hydrogens is 236 g/mol. The molecule has 2 aromatic rings. The van der Waals surface area contributed by atoms with Crippen molar-refractivity contribution in [1.29, 1.82) is 0 Å². The van der Waals surface area contributed by atoms with Gasteiger partial charge in [-0.3, -0.25) is 0 Å². The molecule has 2 N–H and O–H groups in total. The summed E-state index contributed by atoms with van der Waals surface area (Å²) in [5, 5.41) is 18.4. The monoisotopic (exact) mass is 256 g/mol. The molecule has 0 aliphatic heterocycles. The third kappa shape index (κ3) is 3.66. The SMILES string of the molecule is CC(O)c1ccc(-c2cccc(CCCO)c2)cc1. The van der Waals surface area contributed by atoms with Gasteiger partial charge in [0.25, 0.3) is 0 Å². The first-order chi connectivity index (χ1) is 9.20. The van der Waals surface area contributed by atoms with Crippen molar-refractivity contribution in [3.05, 3.63) is 59.7 Å². The molecule has 0 saturated heterocycles. The highest BCUT2D eigenvalue weighted by molar-refractivity contribution is 5.64. The van der Waals surface area contributed by atoms with Crippen molar-refractivity contribution >= 4 is 0 Å². The number of aryl methyl sites for hydroxylation is 1. The van der Waals surface area contributed by atoms with Crippen molar-refractivity contribution in [2.24, 2.45) is 0 Å². The lowest BCUT2D eigenvalue weighted by atomic mass is 9.99. The van der Waals surface area contributed by atoms with Gasteiger partial charge in [0.15, 0.2) is 0 Å². The Morgan fingerprint density at radius 2 is 1.74 bits per heavy atom. The summed E-state index contributed by atoms with van der Waals surface area (Å²) in [6, 6.07) is 16.4. The fourth-order valence-corrected chi connectivity index (χ4v) is 2.14. The summed E-state index contributed by atoms with van der Waals surface area (Å²) in [5.41, 5.74) is 4.49. The molecule has 2 nitrogen and oxygen atoms in total. The molecule has 0 amide bonds. The average molecular weight is 256 g/mol. The van der Waals surface area contributed by atoms with Crippen LogP contribution in [-0.2, 0) is 6.42 Å². The van der Waals surface area contributed by atoms with Crippen LogP contribution in [0.5, 0.6) is 0 Å². The van der Waals surface area contributed by atoms with E-state index in [0.29, 0.717) is 0 Å². The van der Waals surface area contributed by atoms with Crippen molar-refractivity contribution in [1.82, 2.24) is 0 Å². The van der Waals surface area contributed by atoms with Gasteiger partial charge in [-0.25, -0.2) is 0 Å². The van der Waals surface area contributed by atoms with Crippen molar-refractivity contribution in [2.75, 3.05) is 6.61 Å². The van der Waals surface area contributed by atoms with Gasteiger partial charge >= 0.3 is 0 Å². The minimum atomic E-state index is -0.426. The van der Waals surface area contributed by atoms with Crippen LogP contribution in [0, 0.1) is 0 Å². The number of hydrogen-bond acceptors (Lipinski definition) is 2. The van der Waals surface area contributed by atoms with Gasteiger partial charge in [0.2, 0.25) is 0 Å². The lowest BCUT2D eigenvalue weighted by Gasteiger charge is -2.08. The zero-order valence-corrected chi connectivity index (χ0v) is 11.2. The molecule has 0 aromatic heterocycles. The Hall–Kier alpha value is -1.64. The minimum absolute atomic E-state index is 0.229. The Kier molecular flexibility index (Phi) is 4.72. The smallest absolute Gasteiger partial charge is 0.0761 e. The van der Waals surface area contributed by atoms with E-state index in [9.17, 15) is 5.11 Å². The quantitative estimate of drug-likeness (QED) is 0.861. The molecule has 0 heterocycles. The highest BCUT2D eigenvalue weighted by Crippen LogP contribution is 2.23. The zero-order chi connectivity index (χ0) is 13.7. The molecule has 0 fully saturated rings. The van der Waals surface area contributed by atoms with E-state index in [1.54, 1.807) is 6.92 Å². The minimum Gasteiger partial charge on any atom is -0.396 e. The van der Waals surface area contributed by atoms with E-state index >= 15 is 0 Å². The molecule has 0 bridgehead atoms. The first kappa shape index (κ1) is 13.8. The molecule has 2 aromatic carbocycles. The van der Waals surface area contributed by atoms with Crippen LogP contribution in [0.1, 0.15) is 30.6 Å². The number of hydrogen-bond donors (Lipinski definition) is 2. The topological polar surface area (TPSA) is 40.5 Å². The van der Waals surface area contributed by atoms with E-state index in [1.165, 1.54) is 11.1 Å². The lowest BCUT2D eigenvalue weighted by molar-refractivity contribution is 0.199. The van der Waals surface area contributed by atoms with Gasteiger partial charge in [-0.15, -0.1) is 0 Å². The maximum atomic E-state index is 9.50. The van der Waals surface area contributed by atoms with Crippen LogP contribution < -0.4 is 0 Å². The van der Waals surface area contributed by atoms with Crippen molar-refractivity contribution < 1.29 is 10.2 Å². The Labute approximate surface area is 114 Å². The molecule has 0 spiro atoms. The van der Waals surface area contributed by atoms with Gasteiger partial charge in [-0.2, -0.15) is 0 Å². The fraction of sp³-hybridized carbons (Fsp3) is 0.294. The van der Waals surface area contributed by atoms with Crippen LogP contribution in [0.2, 0.25) is 0 Å². The van der Waals surface area contributed by atoms with Crippen LogP contribution >= 0.6 is 0 Å². The van der Waals surface area contributed by atoms with E-state index in [-0.39, 0.29) is 6.61 Å². The maximum Gasteiger partial charge on any atom is 0.0761 e. The standard InChI is InChI=1S/C17H20O2/c1-13(19)15-7-9-16(10-8-15)17-6-2-4-14(12-17)5-3-11-18/h2,4,6-10,12-13,18-19H,3,5,11H2,1H3. The third-order valence-corrected chi connectivity index (χ3v) is 3.28. The van der Waals surface area contributed by atoms with E-state index in [1.807, 2.05) is 30.3 Å². The van der Waals surface area contributed by atoms with Crippen LogP contribution in [-0.4, -0.2) is 16.8 Å². The summed E-state index contributed by atoms with van der Waals surface area (Å²) in [5.74, 6) is 0. The molecule has 100 valence electrons. The summed E-state index contributed by atoms with van der Waals surface area (Å²) in [7, 11) is 0. The lowest BCUT2D eigenvalue weighted by Crippen LogP contribution is -1.91. The van der Waals surface area contributed by atoms with Gasteiger partial charge in [0.1, 0.15) is 0 Å². The molecule has 19 heavy (non-hydrogen) atoms. The van der Waals surface area contributed by atoms with Crippen molar-refractivity contribution in [2.45, 2.75) is 25.9 Å². The zero-order valence-electron chi connectivity index (χ0n) is 11.2. The summed E-state index contributed by atoms with van der Waals surface area (Å²) in [6.07, 6.45) is 1.27. The second kappa shape index (κ2) is 6.50. The van der Waals surface area contributed by atoms with E-state index in [4.69, 9.17) is 5.11 Å². The molecule has 0 aliphatic carbocycles. The van der Waals surface area contributed by atoms with E-state index in [0.717, 1.165) is 24.0 Å². The average Bonchev–Trinajstić information content (AvgIpc) is 2.45. The van der Waals surface area contributed by atoms with Crippen molar-refractivity contribution in [3.8, 4) is 11.1 Å². The number of benzene rings is 2. The summed E-state index contributed by atoms with van der Waals surface area (Å²) < 4.78 is 0. The van der Waals surface area contributed by atoms with Gasteiger partial charge in [0, 0.05) is 6.61 Å². The fourth-order valence-electron chi connectivity index (χ4n) is 2.14. The van der Waals surface area contributed by atoms with Gasteiger partial charge in [0.05, 0.1) is 6.10 Å². The van der Waals surface area contributed by atoms with Crippen LogP contribution in [0.15, 0.2) is 48.5 Å². The normalized spacial score (nSPS) is 12.4. The molecule has 1 unspecified atom stereocenters. The molecule has 1 atom stereocenters. The molecule has 0 aliphatic rings. The maximum absolute atomic E-state index is 9.50. The first-order valence-corrected chi connectivity index (χ1v) is 6.69. The Bertz CT molecular complexity index is 515. The Morgan fingerprint density at radius 1 is 1.00 bits per heavy atom. The molecule has 0 saturated carbocycles. The molecule has 2 heteroatoms. The summed E-state index contributed by atoms with van der Waals surface area (Å²) in [4.78, 5) is 0. The highest BCUT2D eigenvalue weighted by atomic mass is 16.3. The molecular formula is C17H20O2. The van der Waals surface area contributed by atoms with Crippen molar-refractivity contribution in [3.63, 3.8) is 0 Å². The summed E-state index contributed by atoms with van der Waals surface area (Å²) >= 11 is 0. The third-order valence-electron chi connectivity index (χ3n) is 3.28. The number of rotatable bonds is 5. The predicted octanol–water partition coefficient (Wildman–Crippen LogP) is 3.33. The second-order valence-corrected chi connectivity index (χ2v) is 4.83. The van der Waals surface area contributed by atoms with E-state index in [2.05, 4.69) is 18.2 Å². The van der Waals surface area contributed by atoms with Crippen LogP contribution in [0.4, 0.5) is 0 Å². The highest BCUT2D eigenvalue weighted by Gasteiger charge is 2.02. The predicted molar refractivity (Wildman–Crippen MR) is 77.9 cm³/mol. The van der Waals surface area contributed by atoms with Gasteiger partial charge < -0.3 is 10.2 Å². The first-order valence-electron chi connectivity index (χ1n) is 6.69. The van der Waals surface area contributed by atoms with Crippen LogP contribution in [0.3, 0.4) is 0 Å². The Balaban J connectivity index is 2.21.